The number of rotatable bonds is 12. The molecule has 2 aliphatic rings. The maximum Gasteiger partial charge on any atom is 0.147 e. The predicted octanol–water partition coefficient (Wildman–Crippen LogP) is 9.95. The molecule has 0 amide bonds. The molecule has 0 aliphatic heterocycles. The van der Waals surface area contributed by atoms with Gasteiger partial charge in [0, 0.05) is 11.8 Å². The molecular weight excluding hydrogens is 474 g/mol. The summed E-state index contributed by atoms with van der Waals surface area (Å²) in [4.78, 5) is 14.5. The highest BCUT2D eigenvalue weighted by Gasteiger charge is 2.35. The highest BCUT2D eigenvalue weighted by molar-refractivity contribution is 5.91. The SMILES string of the molecule is C=CCC1CCC(CC(C(=O)C(CC2CCC(CC=C)CC2)c2ccc(F)cc2)c2ccc(F)cc2)CC1. The summed E-state index contributed by atoms with van der Waals surface area (Å²) in [6.07, 6.45) is 17.0. The molecule has 204 valence electrons. The summed E-state index contributed by atoms with van der Waals surface area (Å²) in [5.41, 5.74) is 1.82. The van der Waals surface area contributed by atoms with Crippen molar-refractivity contribution in [2.45, 2.75) is 88.9 Å². The fourth-order valence-electron chi connectivity index (χ4n) is 7.01. The molecule has 2 aromatic carbocycles. The number of hydrogen-bond donors (Lipinski definition) is 0. The molecule has 3 heteroatoms. The Labute approximate surface area is 228 Å². The van der Waals surface area contributed by atoms with Gasteiger partial charge in [-0.05, 0) is 110 Å². The van der Waals surface area contributed by atoms with E-state index in [4.69, 9.17) is 0 Å². The average Bonchev–Trinajstić information content (AvgIpc) is 2.93. The molecule has 0 N–H and O–H groups in total. The smallest absolute Gasteiger partial charge is 0.147 e. The van der Waals surface area contributed by atoms with E-state index in [-0.39, 0.29) is 29.3 Å². The van der Waals surface area contributed by atoms with Crippen molar-refractivity contribution in [1.82, 2.24) is 0 Å². The molecule has 2 saturated carbocycles. The first-order chi connectivity index (χ1) is 18.5. The van der Waals surface area contributed by atoms with Crippen molar-refractivity contribution in [3.8, 4) is 0 Å². The van der Waals surface area contributed by atoms with Crippen LogP contribution in [0.15, 0.2) is 73.8 Å². The maximum absolute atomic E-state index is 14.5. The van der Waals surface area contributed by atoms with Gasteiger partial charge in [0.15, 0.2) is 0 Å². The van der Waals surface area contributed by atoms with Crippen LogP contribution in [0.2, 0.25) is 0 Å². The lowest BCUT2D eigenvalue weighted by atomic mass is 9.70. The summed E-state index contributed by atoms with van der Waals surface area (Å²) in [6.45, 7) is 7.81. The first kappa shape index (κ1) is 28.5. The van der Waals surface area contributed by atoms with Crippen molar-refractivity contribution in [2.75, 3.05) is 0 Å². The Kier molecular flexibility index (Phi) is 10.5. The molecule has 0 heterocycles. The van der Waals surface area contributed by atoms with Gasteiger partial charge in [0.1, 0.15) is 17.4 Å². The van der Waals surface area contributed by atoms with Crippen LogP contribution in [-0.2, 0) is 4.79 Å². The number of carbonyl (C=O) groups excluding carboxylic acids is 1. The molecule has 2 aromatic rings. The van der Waals surface area contributed by atoms with Crippen molar-refractivity contribution in [2.24, 2.45) is 23.7 Å². The second-order valence-electron chi connectivity index (χ2n) is 11.9. The van der Waals surface area contributed by atoms with E-state index in [9.17, 15) is 13.6 Å². The van der Waals surface area contributed by atoms with E-state index >= 15 is 0 Å². The predicted molar refractivity (Wildman–Crippen MR) is 153 cm³/mol. The standard InChI is InChI=1S/C35H44F2O/c1-3-5-25-7-11-27(12-8-25)23-33(29-15-19-31(36)20-16-29)35(38)34(30-17-21-32(37)22-18-30)24-28-13-9-26(6-4-2)10-14-28/h3-4,15-22,25-28,33-34H,1-2,5-14,23-24H2. The van der Waals surface area contributed by atoms with Gasteiger partial charge in [-0.1, -0.05) is 62.1 Å². The first-order valence-corrected chi connectivity index (χ1v) is 14.7. The molecule has 1 nitrogen and oxygen atoms in total. The van der Waals surface area contributed by atoms with E-state index < -0.39 is 0 Å². The van der Waals surface area contributed by atoms with Crippen LogP contribution in [0.5, 0.6) is 0 Å². The van der Waals surface area contributed by atoms with Crippen LogP contribution in [-0.4, -0.2) is 5.78 Å². The largest absolute Gasteiger partial charge is 0.298 e. The Morgan fingerprint density at radius 1 is 0.632 bits per heavy atom. The highest BCUT2D eigenvalue weighted by atomic mass is 19.1. The fraction of sp³-hybridized carbons (Fsp3) is 0.514. The van der Waals surface area contributed by atoms with E-state index in [2.05, 4.69) is 13.2 Å². The van der Waals surface area contributed by atoms with E-state index in [1.165, 1.54) is 49.9 Å². The second kappa shape index (κ2) is 14.0. The molecule has 38 heavy (non-hydrogen) atoms. The Bertz CT molecular complexity index is 941. The average molecular weight is 519 g/mol. The van der Waals surface area contributed by atoms with Crippen molar-refractivity contribution >= 4 is 5.78 Å². The van der Waals surface area contributed by atoms with Gasteiger partial charge < -0.3 is 0 Å². The third kappa shape index (κ3) is 7.74. The van der Waals surface area contributed by atoms with Crippen molar-refractivity contribution < 1.29 is 13.6 Å². The summed E-state index contributed by atoms with van der Waals surface area (Å²) >= 11 is 0. The number of halogens is 2. The van der Waals surface area contributed by atoms with Gasteiger partial charge >= 0.3 is 0 Å². The van der Waals surface area contributed by atoms with Crippen LogP contribution < -0.4 is 0 Å². The summed E-state index contributed by atoms with van der Waals surface area (Å²) < 4.78 is 27.7. The highest BCUT2D eigenvalue weighted by Crippen LogP contribution is 2.42. The number of benzene rings is 2. The van der Waals surface area contributed by atoms with Crippen molar-refractivity contribution in [3.05, 3.63) is 96.6 Å². The molecule has 0 saturated heterocycles. The quantitative estimate of drug-likeness (QED) is 0.256. The minimum atomic E-state index is -0.281. The number of ketones is 1. The number of hydrogen-bond acceptors (Lipinski definition) is 1. The molecule has 0 bridgehead atoms. The van der Waals surface area contributed by atoms with Gasteiger partial charge in [-0.25, -0.2) is 8.78 Å². The van der Waals surface area contributed by atoms with E-state index in [1.54, 1.807) is 24.3 Å². The van der Waals surface area contributed by atoms with Crippen LogP contribution in [0.1, 0.15) is 100 Å². The first-order valence-electron chi connectivity index (χ1n) is 14.7. The minimum Gasteiger partial charge on any atom is -0.298 e. The lowest BCUT2D eigenvalue weighted by Gasteiger charge is -2.34. The summed E-state index contributed by atoms with van der Waals surface area (Å²) in [5, 5.41) is 0. The Hall–Kier alpha value is -2.55. The van der Waals surface area contributed by atoms with Gasteiger partial charge in [0.25, 0.3) is 0 Å². The van der Waals surface area contributed by atoms with Crippen molar-refractivity contribution in [1.29, 1.82) is 0 Å². The molecule has 2 aliphatic carbocycles. The van der Waals surface area contributed by atoms with Crippen LogP contribution >= 0.6 is 0 Å². The van der Waals surface area contributed by atoms with E-state index in [0.717, 1.165) is 62.5 Å². The normalized spacial score (nSPS) is 25.3. The van der Waals surface area contributed by atoms with Gasteiger partial charge in [-0.15, -0.1) is 13.2 Å². The zero-order chi connectivity index (χ0) is 26.9. The molecule has 0 radical (unpaired) electrons. The van der Waals surface area contributed by atoms with Gasteiger partial charge in [-0.2, -0.15) is 0 Å². The van der Waals surface area contributed by atoms with Crippen LogP contribution in [0.25, 0.3) is 0 Å². The lowest BCUT2D eigenvalue weighted by Crippen LogP contribution is -2.27. The van der Waals surface area contributed by atoms with Crippen LogP contribution in [0, 0.1) is 35.3 Å². The number of allylic oxidation sites excluding steroid dienone is 2. The minimum absolute atomic E-state index is 0.213. The molecule has 2 fully saturated rings. The number of Topliss-reactive ketones (excluding diaryl/α,β-unsaturated/α-hetero) is 1. The van der Waals surface area contributed by atoms with Crippen LogP contribution in [0.4, 0.5) is 8.78 Å². The molecule has 2 atom stereocenters. The maximum atomic E-state index is 14.5. The molecule has 0 aromatic heterocycles. The summed E-state index contributed by atoms with van der Waals surface area (Å²) in [5.74, 6) is 1.47. The zero-order valence-electron chi connectivity index (χ0n) is 22.8. The second-order valence-corrected chi connectivity index (χ2v) is 11.9. The Balaban J connectivity index is 1.56. The fourth-order valence-corrected chi connectivity index (χ4v) is 7.01. The third-order valence-corrected chi connectivity index (χ3v) is 9.30. The van der Waals surface area contributed by atoms with E-state index in [1.807, 2.05) is 12.2 Å². The third-order valence-electron chi connectivity index (χ3n) is 9.30. The lowest BCUT2D eigenvalue weighted by molar-refractivity contribution is -0.123. The summed E-state index contributed by atoms with van der Waals surface area (Å²) in [6, 6.07) is 13.1. The monoisotopic (exact) mass is 518 g/mol. The molecular formula is C35H44F2O. The van der Waals surface area contributed by atoms with Crippen LogP contribution in [0.3, 0.4) is 0 Å². The topological polar surface area (TPSA) is 17.1 Å². The van der Waals surface area contributed by atoms with E-state index in [0.29, 0.717) is 23.7 Å². The van der Waals surface area contributed by atoms with Gasteiger partial charge in [0.2, 0.25) is 0 Å². The van der Waals surface area contributed by atoms with Gasteiger partial charge in [0.05, 0.1) is 0 Å². The molecule has 2 unspecified atom stereocenters. The Morgan fingerprint density at radius 3 is 1.26 bits per heavy atom. The summed E-state index contributed by atoms with van der Waals surface area (Å²) in [7, 11) is 0. The molecule has 0 spiro atoms. The van der Waals surface area contributed by atoms with Gasteiger partial charge in [-0.3, -0.25) is 4.79 Å². The van der Waals surface area contributed by atoms with Crippen molar-refractivity contribution in [3.63, 3.8) is 0 Å². The Morgan fingerprint density at radius 2 is 0.947 bits per heavy atom. The number of carbonyl (C=O) groups is 1. The molecule has 4 rings (SSSR count). The zero-order valence-corrected chi connectivity index (χ0v) is 22.8.